The number of nitrogens with one attached hydrogen (secondary N) is 1. The summed E-state index contributed by atoms with van der Waals surface area (Å²) in [5.41, 5.74) is 0.235. The lowest BCUT2D eigenvalue weighted by atomic mass is 10.0. The van der Waals surface area contributed by atoms with E-state index in [4.69, 9.17) is 4.74 Å². The molecule has 1 atom stereocenters. The van der Waals surface area contributed by atoms with Crippen molar-refractivity contribution in [2.45, 2.75) is 39.7 Å². The van der Waals surface area contributed by atoms with Crippen LogP contribution in [0.2, 0.25) is 0 Å². The Morgan fingerprint density at radius 1 is 1.32 bits per heavy atom. The lowest BCUT2D eigenvalue weighted by Gasteiger charge is -2.16. The molecule has 1 unspecified atom stereocenters. The van der Waals surface area contributed by atoms with Crippen molar-refractivity contribution in [3.63, 3.8) is 0 Å². The Morgan fingerprint density at radius 2 is 2.00 bits per heavy atom. The van der Waals surface area contributed by atoms with Gasteiger partial charge in [0.1, 0.15) is 11.6 Å². The van der Waals surface area contributed by atoms with Gasteiger partial charge < -0.3 is 10.1 Å². The molecule has 0 spiro atoms. The molecule has 0 aliphatic carbocycles. The Hall–Kier alpha value is -1.58. The second kappa shape index (κ2) is 7.12. The van der Waals surface area contributed by atoms with Gasteiger partial charge in [0.2, 0.25) is 0 Å². The molecule has 1 rings (SSSR count). The van der Waals surface area contributed by atoms with Gasteiger partial charge >= 0.3 is 0 Å². The van der Waals surface area contributed by atoms with Crippen LogP contribution in [0.4, 0.5) is 4.39 Å². The molecule has 1 aromatic carbocycles. The van der Waals surface area contributed by atoms with E-state index in [-0.39, 0.29) is 17.5 Å². The van der Waals surface area contributed by atoms with Crippen LogP contribution in [-0.2, 0) is 0 Å². The number of carbonyl (C=O) groups excluding carboxylic acids is 1. The first kappa shape index (κ1) is 15.5. The van der Waals surface area contributed by atoms with Gasteiger partial charge in [-0.2, -0.15) is 0 Å². The zero-order valence-electron chi connectivity index (χ0n) is 12.0. The normalized spacial score (nSPS) is 12.3. The molecule has 19 heavy (non-hydrogen) atoms. The summed E-state index contributed by atoms with van der Waals surface area (Å²) in [7, 11) is 1.46. The van der Waals surface area contributed by atoms with Crippen LogP contribution in [0.25, 0.3) is 0 Å². The first-order valence-corrected chi connectivity index (χ1v) is 6.58. The quantitative estimate of drug-likeness (QED) is 0.858. The average molecular weight is 267 g/mol. The van der Waals surface area contributed by atoms with Gasteiger partial charge in [-0.1, -0.05) is 13.8 Å². The molecule has 0 fully saturated rings. The summed E-state index contributed by atoms with van der Waals surface area (Å²) in [6, 6.07) is 3.99. The second-order valence-corrected chi connectivity index (χ2v) is 5.19. The highest BCUT2D eigenvalue weighted by molar-refractivity contribution is 5.97. The van der Waals surface area contributed by atoms with E-state index in [0.717, 1.165) is 12.8 Å². The highest BCUT2D eigenvalue weighted by atomic mass is 19.1. The zero-order chi connectivity index (χ0) is 14.4. The van der Waals surface area contributed by atoms with Crippen molar-refractivity contribution in [1.82, 2.24) is 5.32 Å². The SMILES string of the molecule is COc1ccc(F)cc1C(=O)NC(C)CCC(C)C. The third-order valence-electron chi connectivity index (χ3n) is 2.96. The molecule has 1 aromatic rings. The average Bonchev–Trinajstić information content (AvgIpc) is 2.36. The first-order chi connectivity index (χ1) is 8.93. The van der Waals surface area contributed by atoms with Gasteiger partial charge in [-0.15, -0.1) is 0 Å². The maximum Gasteiger partial charge on any atom is 0.255 e. The Bertz CT molecular complexity index is 432. The minimum atomic E-state index is -0.444. The van der Waals surface area contributed by atoms with Crippen molar-refractivity contribution < 1.29 is 13.9 Å². The van der Waals surface area contributed by atoms with Crippen LogP contribution in [0.5, 0.6) is 5.75 Å². The molecule has 0 radical (unpaired) electrons. The number of amides is 1. The van der Waals surface area contributed by atoms with Crippen molar-refractivity contribution >= 4 is 5.91 Å². The number of benzene rings is 1. The van der Waals surface area contributed by atoms with Crippen molar-refractivity contribution in [3.05, 3.63) is 29.6 Å². The maximum atomic E-state index is 13.2. The third kappa shape index (κ3) is 4.89. The molecule has 0 aromatic heterocycles. The summed E-state index contributed by atoms with van der Waals surface area (Å²) in [5.74, 6) is 0.242. The molecule has 106 valence electrons. The molecule has 1 N–H and O–H groups in total. The van der Waals surface area contributed by atoms with Crippen LogP contribution < -0.4 is 10.1 Å². The number of carbonyl (C=O) groups is 1. The first-order valence-electron chi connectivity index (χ1n) is 6.58. The number of ether oxygens (including phenoxy) is 1. The maximum absolute atomic E-state index is 13.2. The summed E-state index contributed by atoms with van der Waals surface area (Å²) < 4.78 is 18.3. The van der Waals surface area contributed by atoms with Gasteiger partial charge in [0.15, 0.2) is 0 Å². The van der Waals surface area contributed by atoms with E-state index in [0.29, 0.717) is 11.7 Å². The number of halogens is 1. The van der Waals surface area contributed by atoms with E-state index in [2.05, 4.69) is 19.2 Å². The second-order valence-electron chi connectivity index (χ2n) is 5.19. The van der Waals surface area contributed by atoms with E-state index in [1.165, 1.54) is 25.3 Å². The molecule has 0 aliphatic rings. The molecule has 0 aliphatic heterocycles. The summed E-state index contributed by atoms with van der Waals surface area (Å²) in [6.45, 7) is 6.24. The molecule has 0 bridgehead atoms. The molecule has 0 saturated carbocycles. The highest BCUT2D eigenvalue weighted by Crippen LogP contribution is 2.19. The van der Waals surface area contributed by atoms with Gasteiger partial charge in [0, 0.05) is 6.04 Å². The fourth-order valence-corrected chi connectivity index (χ4v) is 1.81. The Balaban J connectivity index is 2.69. The fourth-order valence-electron chi connectivity index (χ4n) is 1.81. The molecule has 0 heterocycles. The lowest BCUT2D eigenvalue weighted by Crippen LogP contribution is -2.33. The van der Waals surface area contributed by atoms with Crippen molar-refractivity contribution in [2.24, 2.45) is 5.92 Å². The van der Waals surface area contributed by atoms with Crippen LogP contribution in [0.1, 0.15) is 44.0 Å². The van der Waals surface area contributed by atoms with Gasteiger partial charge in [-0.25, -0.2) is 4.39 Å². The summed E-state index contributed by atoms with van der Waals surface area (Å²) in [4.78, 5) is 12.1. The van der Waals surface area contributed by atoms with Crippen molar-refractivity contribution in [3.8, 4) is 5.75 Å². The molecule has 4 heteroatoms. The van der Waals surface area contributed by atoms with Crippen molar-refractivity contribution in [1.29, 1.82) is 0 Å². The highest BCUT2D eigenvalue weighted by Gasteiger charge is 2.15. The molecular weight excluding hydrogens is 245 g/mol. The minimum Gasteiger partial charge on any atom is -0.496 e. The van der Waals surface area contributed by atoms with Crippen LogP contribution in [-0.4, -0.2) is 19.1 Å². The Kier molecular flexibility index (Phi) is 5.80. The van der Waals surface area contributed by atoms with Crippen LogP contribution in [0.15, 0.2) is 18.2 Å². The number of hydrogen-bond acceptors (Lipinski definition) is 2. The van der Waals surface area contributed by atoms with Crippen LogP contribution >= 0.6 is 0 Å². The summed E-state index contributed by atoms with van der Waals surface area (Å²) in [6.07, 6.45) is 1.95. The summed E-state index contributed by atoms with van der Waals surface area (Å²) >= 11 is 0. The van der Waals surface area contributed by atoms with Gasteiger partial charge in [0.25, 0.3) is 5.91 Å². The predicted molar refractivity (Wildman–Crippen MR) is 74.0 cm³/mol. The lowest BCUT2D eigenvalue weighted by molar-refractivity contribution is 0.0933. The molecule has 3 nitrogen and oxygen atoms in total. The van der Waals surface area contributed by atoms with Crippen molar-refractivity contribution in [2.75, 3.05) is 7.11 Å². The Morgan fingerprint density at radius 3 is 2.58 bits per heavy atom. The standard InChI is InChI=1S/C15H22FNO2/c1-10(2)5-6-11(3)17-15(18)13-9-12(16)7-8-14(13)19-4/h7-11H,5-6H2,1-4H3,(H,17,18). The summed E-state index contributed by atoms with van der Waals surface area (Å²) in [5, 5.41) is 2.87. The van der Waals surface area contributed by atoms with Crippen LogP contribution in [0.3, 0.4) is 0 Å². The van der Waals surface area contributed by atoms with Crippen LogP contribution in [0, 0.1) is 11.7 Å². The number of rotatable bonds is 6. The van der Waals surface area contributed by atoms with E-state index in [9.17, 15) is 9.18 Å². The predicted octanol–water partition coefficient (Wildman–Crippen LogP) is 3.39. The third-order valence-corrected chi connectivity index (χ3v) is 2.96. The Labute approximate surface area is 114 Å². The number of methoxy groups -OCH3 is 1. The number of hydrogen-bond donors (Lipinski definition) is 1. The van der Waals surface area contributed by atoms with E-state index in [1.54, 1.807) is 0 Å². The van der Waals surface area contributed by atoms with E-state index in [1.807, 2.05) is 6.92 Å². The topological polar surface area (TPSA) is 38.3 Å². The van der Waals surface area contributed by atoms with Gasteiger partial charge in [0.05, 0.1) is 12.7 Å². The molecule has 0 saturated heterocycles. The molecule has 1 amide bonds. The molecular formula is C15H22FNO2. The van der Waals surface area contributed by atoms with Gasteiger partial charge in [-0.3, -0.25) is 4.79 Å². The smallest absolute Gasteiger partial charge is 0.255 e. The minimum absolute atomic E-state index is 0.0582. The van der Waals surface area contributed by atoms with E-state index < -0.39 is 5.82 Å². The van der Waals surface area contributed by atoms with Gasteiger partial charge in [-0.05, 0) is 43.9 Å². The largest absolute Gasteiger partial charge is 0.496 e. The zero-order valence-corrected chi connectivity index (χ0v) is 12.0. The fraction of sp³-hybridized carbons (Fsp3) is 0.533. The monoisotopic (exact) mass is 267 g/mol. The van der Waals surface area contributed by atoms with E-state index >= 15 is 0 Å².